The van der Waals surface area contributed by atoms with Crippen LogP contribution in [0.5, 0.6) is 0 Å². The van der Waals surface area contributed by atoms with Gasteiger partial charge in [0.05, 0.1) is 0 Å². The molecule has 0 aliphatic heterocycles. The van der Waals surface area contributed by atoms with Crippen molar-refractivity contribution in [3.05, 3.63) is 59.8 Å². The average molecular weight is 212 g/mol. The molecule has 2 rings (SSSR count). The third-order valence-corrected chi connectivity index (χ3v) is 3.78. The molecule has 84 valence electrons. The highest BCUT2D eigenvalue weighted by Crippen LogP contribution is 2.49. The maximum Gasteiger partial charge on any atom is 0.0148 e. The van der Waals surface area contributed by atoms with Crippen molar-refractivity contribution in [1.29, 1.82) is 0 Å². The smallest absolute Gasteiger partial charge is 0.0148 e. The van der Waals surface area contributed by atoms with E-state index in [1.165, 1.54) is 35.1 Å². The molecule has 0 aromatic rings. The van der Waals surface area contributed by atoms with Crippen molar-refractivity contribution in [3.8, 4) is 0 Å². The van der Waals surface area contributed by atoms with Gasteiger partial charge in [-0.15, -0.1) is 0 Å². The van der Waals surface area contributed by atoms with Crippen LogP contribution in [0, 0.1) is 5.41 Å². The number of hydrogen-bond acceptors (Lipinski definition) is 0. The number of rotatable bonds is 2. The van der Waals surface area contributed by atoms with E-state index >= 15 is 0 Å². The molecule has 0 radical (unpaired) electrons. The van der Waals surface area contributed by atoms with E-state index < -0.39 is 0 Å². The Labute approximate surface area is 98.8 Å². The van der Waals surface area contributed by atoms with Crippen molar-refractivity contribution < 1.29 is 0 Å². The SMILES string of the molecule is C=CC1=C(C=C)C(C)(C)C2=CCCC=C2C1. The molecule has 0 N–H and O–H groups in total. The van der Waals surface area contributed by atoms with Gasteiger partial charge in [0.15, 0.2) is 0 Å². The Bertz CT molecular complexity index is 425. The average Bonchev–Trinajstić information content (AvgIpc) is 2.28. The van der Waals surface area contributed by atoms with Gasteiger partial charge in [0.25, 0.3) is 0 Å². The van der Waals surface area contributed by atoms with Gasteiger partial charge < -0.3 is 0 Å². The van der Waals surface area contributed by atoms with Crippen molar-refractivity contribution in [2.75, 3.05) is 0 Å². The molecule has 0 bridgehead atoms. The maximum absolute atomic E-state index is 3.96. The number of allylic oxidation sites excluding steroid dienone is 8. The summed E-state index contributed by atoms with van der Waals surface area (Å²) in [5.41, 5.74) is 5.77. The van der Waals surface area contributed by atoms with Crippen molar-refractivity contribution in [2.24, 2.45) is 5.41 Å². The quantitative estimate of drug-likeness (QED) is 0.620. The molecule has 0 atom stereocenters. The molecule has 0 unspecified atom stereocenters. The first kappa shape index (κ1) is 11.2. The summed E-state index contributed by atoms with van der Waals surface area (Å²) in [5, 5.41) is 0. The standard InChI is InChI=1S/C16H20/c1-5-12-11-13-9-7-8-10-15(13)16(3,4)14(12)6-2/h5-6,9-10H,1-2,7-8,11H2,3-4H3. The van der Waals surface area contributed by atoms with Crippen LogP contribution in [0.4, 0.5) is 0 Å². The summed E-state index contributed by atoms with van der Waals surface area (Å²) in [6, 6.07) is 0. The number of hydrogen-bond donors (Lipinski definition) is 0. The van der Waals surface area contributed by atoms with Gasteiger partial charge in [0, 0.05) is 5.41 Å². The fraction of sp³-hybridized carbons (Fsp3) is 0.375. The summed E-state index contributed by atoms with van der Waals surface area (Å²) in [6.45, 7) is 12.5. The fourth-order valence-electron chi connectivity index (χ4n) is 2.97. The van der Waals surface area contributed by atoms with E-state index in [0.717, 1.165) is 6.42 Å². The van der Waals surface area contributed by atoms with Gasteiger partial charge in [-0.05, 0) is 41.6 Å². The summed E-state index contributed by atoms with van der Waals surface area (Å²) >= 11 is 0. The van der Waals surface area contributed by atoms with Gasteiger partial charge in [-0.3, -0.25) is 0 Å². The highest BCUT2D eigenvalue weighted by Gasteiger charge is 2.34. The van der Waals surface area contributed by atoms with Crippen LogP contribution in [0.3, 0.4) is 0 Å². The number of fused-ring (bicyclic) bond motifs is 1. The topological polar surface area (TPSA) is 0 Å². The molecule has 0 aromatic heterocycles. The van der Waals surface area contributed by atoms with E-state index in [1.807, 2.05) is 12.2 Å². The van der Waals surface area contributed by atoms with Crippen LogP contribution >= 0.6 is 0 Å². The van der Waals surface area contributed by atoms with Gasteiger partial charge in [0.2, 0.25) is 0 Å². The summed E-state index contributed by atoms with van der Waals surface area (Å²) in [4.78, 5) is 0. The van der Waals surface area contributed by atoms with Crippen LogP contribution in [0.25, 0.3) is 0 Å². The fourth-order valence-corrected chi connectivity index (χ4v) is 2.97. The maximum atomic E-state index is 3.96. The molecule has 0 aromatic carbocycles. The van der Waals surface area contributed by atoms with Gasteiger partial charge >= 0.3 is 0 Å². The third kappa shape index (κ3) is 1.53. The van der Waals surface area contributed by atoms with E-state index in [9.17, 15) is 0 Å². The molecule has 0 nitrogen and oxygen atoms in total. The second kappa shape index (κ2) is 3.93. The molecule has 16 heavy (non-hydrogen) atoms. The van der Waals surface area contributed by atoms with Gasteiger partial charge in [-0.1, -0.05) is 51.3 Å². The van der Waals surface area contributed by atoms with E-state index in [-0.39, 0.29) is 5.41 Å². The van der Waals surface area contributed by atoms with E-state index in [4.69, 9.17) is 0 Å². The Balaban J connectivity index is 2.61. The second-order valence-electron chi connectivity index (χ2n) is 5.07. The van der Waals surface area contributed by atoms with Crippen molar-refractivity contribution in [2.45, 2.75) is 33.1 Å². The Morgan fingerprint density at radius 2 is 1.81 bits per heavy atom. The summed E-state index contributed by atoms with van der Waals surface area (Å²) in [7, 11) is 0. The minimum absolute atomic E-state index is 0.0930. The molecular weight excluding hydrogens is 192 g/mol. The highest BCUT2D eigenvalue weighted by atomic mass is 14.4. The van der Waals surface area contributed by atoms with Gasteiger partial charge in [-0.25, -0.2) is 0 Å². The van der Waals surface area contributed by atoms with Gasteiger partial charge in [0.1, 0.15) is 0 Å². The Morgan fingerprint density at radius 3 is 2.44 bits per heavy atom. The largest absolute Gasteiger partial charge is 0.0988 e. The zero-order valence-corrected chi connectivity index (χ0v) is 10.3. The first-order valence-corrected chi connectivity index (χ1v) is 5.99. The van der Waals surface area contributed by atoms with Crippen molar-refractivity contribution in [3.63, 3.8) is 0 Å². The minimum Gasteiger partial charge on any atom is -0.0988 e. The minimum atomic E-state index is 0.0930. The van der Waals surface area contributed by atoms with Crippen LogP contribution in [-0.2, 0) is 0 Å². The van der Waals surface area contributed by atoms with Crippen LogP contribution in [0.2, 0.25) is 0 Å². The molecule has 2 aliphatic rings. The predicted molar refractivity (Wildman–Crippen MR) is 71.2 cm³/mol. The molecule has 0 spiro atoms. The zero-order valence-electron chi connectivity index (χ0n) is 10.3. The zero-order chi connectivity index (χ0) is 11.8. The summed E-state index contributed by atoms with van der Waals surface area (Å²) in [5.74, 6) is 0. The first-order valence-electron chi connectivity index (χ1n) is 5.99. The molecule has 0 fully saturated rings. The van der Waals surface area contributed by atoms with Crippen LogP contribution in [-0.4, -0.2) is 0 Å². The van der Waals surface area contributed by atoms with Crippen molar-refractivity contribution in [1.82, 2.24) is 0 Å². The Hall–Kier alpha value is -1.30. The Kier molecular flexibility index (Phi) is 2.75. The molecule has 0 heterocycles. The van der Waals surface area contributed by atoms with Crippen LogP contribution < -0.4 is 0 Å². The van der Waals surface area contributed by atoms with E-state index in [1.54, 1.807) is 0 Å². The lowest BCUT2D eigenvalue weighted by atomic mass is 9.65. The lowest BCUT2D eigenvalue weighted by molar-refractivity contribution is 0.529. The summed E-state index contributed by atoms with van der Waals surface area (Å²) in [6.07, 6.45) is 12.2. The van der Waals surface area contributed by atoms with Gasteiger partial charge in [-0.2, -0.15) is 0 Å². The molecule has 0 saturated heterocycles. The molecule has 0 amide bonds. The van der Waals surface area contributed by atoms with Crippen LogP contribution in [0.1, 0.15) is 33.1 Å². The lowest BCUT2D eigenvalue weighted by Crippen LogP contribution is -2.25. The molecule has 2 aliphatic carbocycles. The lowest BCUT2D eigenvalue weighted by Gasteiger charge is -2.39. The second-order valence-corrected chi connectivity index (χ2v) is 5.07. The molecule has 0 heteroatoms. The predicted octanol–water partition coefficient (Wildman–Crippen LogP) is 4.73. The Morgan fingerprint density at radius 1 is 1.12 bits per heavy atom. The van der Waals surface area contributed by atoms with Crippen molar-refractivity contribution >= 4 is 0 Å². The normalized spacial score (nSPS) is 23.1. The first-order chi connectivity index (χ1) is 7.61. The molecule has 0 saturated carbocycles. The highest BCUT2D eigenvalue weighted by molar-refractivity contribution is 5.56. The monoisotopic (exact) mass is 212 g/mol. The molecular formula is C16H20. The third-order valence-electron chi connectivity index (χ3n) is 3.78. The van der Waals surface area contributed by atoms with E-state index in [0.29, 0.717) is 0 Å². The summed E-state index contributed by atoms with van der Waals surface area (Å²) < 4.78 is 0. The van der Waals surface area contributed by atoms with Crippen LogP contribution in [0.15, 0.2) is 59.8 Å². The van der Waals surface area contributed by atoms with E-state index in [2.05, 4.69) is 39.2 Å².